The number of nitrogens with zero attached hydrogens (tertiary/aromatic N) is 4. The first-order valence-electron chi connectivity index (χ1n) is 9.92. The van der Waals surface area contributed by atoms with Gasteiger partial charge in [0.1, 0.15) is 16.7 Å². The summed E-state index contributed by atoms with van der Waals surface area (Å²) in [7, 11) is 1.75. The number of nitrogens with two attached hydrogens (primary N) is 1. The van der Waals surface area contributed by atoms with E-state index in [1.165, 1.54) is 4.57 Å². The number of H-pyrrole nitrogens is 1. The Labute approximate surface area is 179 Å². The molecule has 9 heteroatoms. The number of nitrogens with one attached hydrogen (secondary N) is 1. The fourth-order valence-corrected chi connectivity index (χ4v) is 3.73. The Bertz CT molecular complexity index is 1130. The van der Waals surface area contributed by atoms with Gasteiger partial charge in [-0.2, -0.15) is 5.10 Å². The summed E-state index contributed by atoms with van der Waals surface area (Å²) in [4.78, 5) is 28.7. The Hall–Kier alpha value is -3.00. The van der Waals surface area contributed by atoms with E-state index in [0.29, 0.717) is 24.8 Å². The summed E-state index contributed by atoms with van der Waals surface area (Å²) < 4.78 is 3.15. The third-order valence-corrected chi connectivity index (χ3v) is 5.51. The Morgan fingerprint density at radius 2 is 1.93 bits per heavy atom. The van der Waals surface area contributed by atoms with E-state index in [4.69, 9.17) is 17.3 Å². The van der Waals surface area contributed by atoms with Crippen LogP contribution in [0.2, 0.25) is 5.15 Å². The van der Waals surface area contributed by atoms with Crippen LogP contribution in [0.15, 0.2) is 39.9 Å². The molecule has 3 rings (SSSR count). The number of hydrogen-bond donors (Lipinski definition) is 2. The molecule has 3 N–H and O–H groups in total. The minimum Gasteiger partial charge on any atom is -0.383 e. The molecule has 0 aliphatic rings. The third-order valence-electron chi connectivity index (χ3n) is 5.08. The number of halogens is 1. The predicted molar refractivity (Wildman–Crippen MR) is 120 cm³/mol. The van der Waals surface area contributed by atoms with Crippen molar-refractivity contribution in [2.24, 2.45) is 0 Å². The molecule has 0 bridgehead atoms. The lowest BCUT2D eigenvalue weighted by Crippen LogP contribution is -2.37. The Morgan fingerprint density at radius 3 is 2.60 bits per heavy atom. The van der Waals surface area contributed by atoms with Gasteiger partial charge in [0.25, 0.3) is 5.56 Å². The molecule has 3 aromatic rings. The van der Waals surface area contributed by atoms with Gasteiger partial charge in [0.15, 0.2) is 0 Å². The maximum absolute atomic E-state index is 12.5. The van der Waals surface area contributed by atoms with E-state index >= 15 is 0 Å². The normalized spacial score (nSPS) is 11.1. The van der Waals surface area contributed by atoms with E-state index in [1.807, 2.05) is 44.2 Å². The number of aromatic nitrogens is 4. The lowest BCUT2D eigenvalue weighted by molar-refractivity contribution is 0.603. The maximum atomic E-state index is 12.5. The number of aryl methyl sites for hydroxylation is 1. The Kier molecular flexibility index (Phi) is 6.66. The third kappa shape index (κ3) is 4.43. The lowest BCUT2D eigenvalue weighted by atomic mass is 10.2. The van der Waals surface area contributed by atoms with Gasteiger partial charge < -0.3 is 10.6 Å². The standard InChI is InChI=1S/C21H27ClN6O2/c1-4-5-11-27-19(23)17(20(29)24-21(27)30)26(3)13-16-14(2)25-28(18(16)22)12-15-9-7-6-8-10-15/h6-10H,4-5,11-13,23H2,1-3H3,(H,24,29,30). The molecular weight excluding hydrogens is 404 g/mol. The van der Waals surface area contributed by atoms with E-state index in [-0.39, 0.29) is 11.5 Å². The highest BCUT2D eigenvalue weighted by Crippen LogP contribution is 2.25. The van der Waals surface area contributed by atoms with Crippen LogP contribution in [-0.4, -0.2) is 26.4 Å². The molecule has 2 aromatic heterocycles. The molecule has 30 heavy (non-hydrogen) atoms. The maximum Gasteiger partial charge on any atom is 0.330 e. The zero-order valence-electron chi connectivity index (χ0n) is 17.5. The van der Waals surface area contributed by atoms with Crippen LogP contribution >= 0.6 is 11.6 Å². The molecule has 160 valence electrons. The van der Waals surface area contributed by atoms with Crippen LogP contribution in [0, 0.1) is 6.92 Å². The SMILES string of the molecule is CCCCn1c(N)c(N(C)Cc2c(C)nn(Cc3ccccc3)c2Cl)c(=O)[nH]c1=O. The van der Waals surface area contributed by atoms with E-state index in [9.17, 15) is 9.59 Å². The summed E-state index contributed by atoms with van der Waals surface area (Å²) in [6.45, 7) is 5.24. The molecule has 0 amide bonds. The summed E-state index contributed by atoms with van der Waals surface area (Å²) in [6.07, 6.45) is 1.70. The molecule has 0 unspecified atom stereocenters. The van der Waals surface area contributed by atoms with Crippen LogP contribution in [0.3, 0.4) is 0 Å². The summed E-state index contributed by atoms with van der Waals surface area (Å²) in [6, 6.07) is 9.92. The predicted octanol–water partition coefficient (Wildman–Crippen LogP) is 2.76. The van der Waals surface area contributed by atoms with Crippen molar-refractivity contribution >= 4 is 23.1 Å². The fraction of sp³-hybridized carbons (Fsp3) is 0.381. The highest BCUT2D eigenvalue weighted by atomic mass is 35.5. The van der Waals surface area contributed by atoms with Gasteiger partial charge >= 0.3 is 5.69 Å². The number of aromatic amines is 1. The lowest BCUT2D eigenvalue weighted by Gasteiger charge is -2.22. The second kappa shape index (κ2) is 9.21. The number of rotatable bonds is 8. The van der Waals surface area contributed by atoms with Gasteiger partial charge in [-0.15, -0.1) is 0 Å². The molecule has 8 nitrogen and oxygen atoms in total. The van der Waals surface area contributed by atoms with Crippen molar-refractivity contribution in [1.82, 2.24) is 19.3 Å². The Balaban J connectivity index is 1.90. The summed E-state index contributed by atoms with van der Waals surface area (Å²) in [5.74, 6) is 0.158. The second-order valence-electron chi connectivity index (χ2n) is 7.35. The average molecular weight is 431 g/mol. The van der Waals surface area contributed by atoms with E-state index in [2.05, 4.69) is 10.1 Å². The highest BCUT2D eigenvalue weighted by molar-refractivity contribution is 6.30. The quantitative estimate of drug-likeness (QED) is 0.572. The second-order valence-corrected chi connectivity index (χ2v) is 7.71. The number of unbranched alkanes of at least 4 members (excludes halogenated alkanes) is 1. The van der Waals surface area contributed by atoms with Crippen LogP contribution in [0.5, 0.6) is 0 Å². The van der Waals surface area contributed by atoms with Crippen LogP contribution in [0.4, 0.5) is 11.5 Å². The van der Waals surface area contributed by atoms with E-state index in [1.54, 1.807) is 16.6 Å². The molecule has 0 atom stereocenters. The molecule has 0 aliphatic heterocycles. The van der Waals surface area contributed by atoms with Crippen LogP contribution in [-0.2, 0) is 19.6 Å². The summed E-state index contributed by atoms with van der Waals surface area (Å²) >= 11 is 6.62. The number of nitrogen functional groups attached to an aromatic ring is 1. The molecule has 0 spiro atoms. The number of anilines is 2. The fourth-order valence-electron chi connectivity index (χ4n) is 3.43. The van der Waals surface area contributed by atoms with E-state index in [0.717, 1.165) is 29.7 Å². The molecule has 0 fully saturated rings. The van der Waals surface area contributed by atoms with Crippen molar-refractivity contribution in [3.63, 3.8) is 0 Å². The van der Waals surface area contributed by atoms with Gasteiger partial charge in [0.2, 0.25) is 0 Å². The number of benzene rings is 1. The smallest absolute Gasteiger partial charge is 0.330 e. The van der Waals surface area contributed by atoms with Crippen LogP contribution in [0.25, 0.3) is 0 Å². The average Bonchev–Trinajstić information content (AvgIpc) is 2.95. The first-order valence-corrected chi connectivity index (χ1v) is 10.3. The van der Waals surface area contributed by atoms with Gasteiger partial charge in [-0.05, 0) is 18.9 Å². The minimum absolute atomic E-state index is 0.158. The molecule has 0 aliphatic carbocycles. The zero-order valence-corrected chi connectivity index (χ0v) is 18.2. The Morgan fingerprint density at radius 1 is 1.23 bits per heavy atom. The van der Waals surface area contributed by atoms with Crippen molar-refractivity contribution in [2.75, 3.05) is 17.7 Å². The monoisotopic (exact) mass is 430 g/mol. The van der Waals surface area contributed by atoms with Crippen molar-refractivity contribution in [3.05, 3.63) is 73.1 Å². The molecule has 0 radical (unpaired) electrons. The van der Waals surface area contributed by atoms with Gasteiger partial charge in [-0.25, -0.2) is 9.48 Å². The molecule has 1 aromatic carbocycles. The van der Waals surface area contributed by atoms with Crippen LogP contribution < -0.4 is 21.9 Å². The highest BCUT2D eigenvalue weighted by Gasteiger charge is 2.20. The number of hydrogen-bond acceptors (Lipinski definition) is 5. The molecule has 2 heterocycles. The van der Waals surface area contributed by atoms with Crippen molar-refractivity contribution in [2.45, 2.75) is 46.3 Å². The van der Waals surface area contributed by atoms with Gasteiger partial charge in [-0.1, -0.05) is 55.3 Å². The molecular formula is C21H27ClN6O2. The van der Waals surface area contributed by atoms with Gasteiger partial charge in [0.05, 0.1) is 12.2 Å². The topological polar surface area (TPSA) is 102 Å². The summed E-state index contributed by atoms with van der Waals surface area (Å²) in [5.41, 5.74) is 8.12. The van der Waals surface area contributed by atoms with E-state index < -0.39 is 11.2 Å². The van der Waals surface area contributed by atoms with Gasteiger partial charge in [0, 0.05) is 25.7 Å². The first-order chi connectivity index (χ1) is 14.3. The largest absolute Gasteiger partial charge is 0.383 e. The van der Waals surface area contributed by atoms with Crippen molar-refractivity contribution < 1.29 is 0 Å². The first kappa shape index (κ1) is 21.7. The summed E-state index contributed by atoms with van der Waals surface area (Å²) in [5, 5.41) is 5.07. The van der Waals surface area contributed by atoms with Crippen LogP contribution in [0.1, 0.15) is 36.6 Å². The molecule has 0 saturated carbocycles. The zero-order chi connectivity index (χ0) is 21.8. The minimum atomic E-state index is -0.516. The van der Waals surface area contributed by atoms with Gasteiger partial charge in [-0.3, -0.25) is 14.3 Å². The van der Waals surface area contributed by atoms with Crippen molar-refractivity contribution in [3.8, 4) is 0 Å². The molecule has 0 saturated heterocycles. The van der Waals surface area contributed by atoms with Crippen molar-refractivity contribution in [1.29, 1.82) is 0 Å².